The van der Waals surface area contributed by atoms with Crippen LogP contribution in [-0.4, -0.2) is 51.8 Å². The van der Waals surface area contributed by atoms with Gasteiger partial charge in [0.05, 0.1) is 12.3 Å². The third-order valence-electron chi connectivity index (χ3n) is 6.00. The summed E-state index contributed by atoms with van der Waals surface area (Å²) in [6, 6.07) is 8.27. The molecule has 9 nitrogen and oxygen atoms in total. The molecule has 3 heterocycles. The number of hydrogen-bond acceptors (Lipinski definition) is 8. The van der Waals surface area contributed by atoms with Crippen molar-refractivity contribution < 1.29 is 27.5 Å². The summed E-state index contributed by atoms with van der Waals surface area (Å²) in [6.07, 6.45) is -2.75. The standard InChI is InChI=1S/C25H27F4N7O2/c1-24(2,13-37)19-6-5-18(26)21(34-19)35-20-17(22(38)32-12-25(27,28)29)11-31-23(36-20)33-16-4-3-15-10-30-8-7-14(15)9-16/h3-6,9,11,30,37H,7-8,10,12-13H2,1-2H3,(H,32,38)(H2,31,33,34,35,36). The van der Waals surface area contributed by atoms with Gasteiger partial charge in [0.2, 0.25) is 5.95 Å². The second kappa shape index (κ2) is 10.9. The van der Waals surface area contributed by atoms with Crippen molar-refractivity contribution in [1.29, 1.82) is 0 Å². The highest BCUT2D eigenvalue weighted by atomic mass is 19.4. The second-order valence-electron chi connectivity index (χ2n) is 9.48. The highest BCUT2D eigenvalue weighted by Gasteiger charge is 2.29. The topological polar surface area (TPSA) is 124 Å². The minimum absolute atomic E-state index is 0.0287. The Morgan fingerprint density at radius 3 is 2.61 bits per heavy atom. The van der Waals surface area contributed by atoms with Crippen molar-refractivity contribution in [3.8, 4) is 0 Å². The first-order chi connectivity index (χ1) is 17.9. The fourth-order valence-electron chi connectivity index (χ4n) is 3.76. The van der Waals surface area contributed by atoms with E-state index in [0.717, 1.165) is 42.9 Å². The molecule has 0 unspecified atom stereocenters. The molecule has 4 rings (SSSR count). The maximum absolute atomic E-state index is 14.7. The molecule has 0 atom stereocenters. The number of halogens is 4. The van der Waals surface area contributed by atoms with E-state index >= 15 is 0 Å². The van der Waals surface area contributed by atoms with Crippen LogP contribution in [0.5, 0.6) is 0 Å². The lowest BCUT2D eigenvalue weighted by atomic mass is 9.90. The van der Waals surface area contributed by atoms with Gasteiger partial charge in [0, 0.05) is 23.8 Å². The summed E-state index contributed by atoms with van der Waals surface area (Å²) < 4.78 is 52.8. The molecular weight excluding hydrogens is 506 g/mol. The smallest absolute Gasteiger partial charge is 0.395 e. The van der Waals surface area contributed by atoms with Gasteiger partial charge in [0.1, 0.15) is 17.9 Å². The number of anilines is 4. The molecule has 0 aliphatic carbocycles. The van der Waals surface area contributed by atoms with Gasteiger partial charge in [-0.1, -0.05) is 19.9 Å². The van der Waals surface area contributed by atoms with E-state index in [-0.39, 0.29) is 29.8 Å². The zero-order valence-corrected chi connectivity index (χ0v) is 20.7. The van der Waals surface area contributed by atoms with Crippen LogP contribution in [0.3, 0.4) is 0 Å². The van der Waals surface area contributed by atoms with Crippen molar-refractivity contribution in [2.45, 2.75) is 38.4 Å². The molecule has 1 aromatic carbocycles. The number of alkyl halides is 3. The quantitative estimate of drug-likeness (QED) is 0.278. The molecule has 38 heavy (non-hydrogen) atoms. The molecule has 0 spiro atoms. The zero-order valence-electron chi connectivity index (χ0n) is 20.7. The Kier molecular flexibility index (Phi) is 7.78. The van der Waals surface area contributed by atoms with Crippen LogP contribution in [0, 0.1) is 5.82 Å². The molecule has 1 aliphatic heterocycles. The number of aliphatic hydroxyl groups is 1. The number of rotatable bonds is 8. The fraction of sp³-hybridized carbons (Fsp3) is 0.360. The van der Waals surface area contributed by atoms with Crippen molar-refractivity contribution in [2.24, 2.45) is 0 Å². The number of pyridine rings is 1. The van der Waals surface area contributed by atoms with Gasteiger partial charge in [-0.25, -0.2) is 14.4 Å². The van der Waals surface area contributed by atoms with Gasteiger partial charge in [-0.05, 0) is 48.4 Å². The Hall–Kier alpha value is -3.84. The summed E-state index contributed by atoms with van der Waals surface area (Å²) in [5, 5.41) is 20.4. The average Bonchev–Trinajstić information content (AvgIpc) is 2.88. The molecule has 0 saturated heterocycles. The number of nitrogens with one attached hydrogen (secondary N) is 4. The van der Waals surface area contributed by atoms with Crippen molar-refractivity contribution in [2.75, 3.05) is 30.3 Å². The minimum atomic E-state index is -4.63. The first kappa shape index (κ1) is 27.2. The predicted molar refractivity (Wildman–Crippen MR) is 133 cm³/mol. The number of benzene rings is 1. The van der Waals surface area contributed by atoms with Gasteiger partial charge in [-0.15, -0.1) is 0 Å². The third-order valence-corrected chi connectivity index (χ3v) is 6.00. The van der Waals surface area contributed by atoms with E-state index in [1.54, 1.807) is 19.2 Å². The number of amides is 1. The van der Waals surface area contributed by atoms with Crippen molar-refractivity contribution in [1.82, 2.24) is 25.6 Å². The van der Waals surface area contributed by atoms with Crippen LogP contribution >= 0.6 is 0 Å². The summed E-state index contributed by atoms with van der Waals surface area (Å²) in [5.41, 5.74) is 2.17. The lowest BCUT2D eigenvalue weighted by Crippen LogP contribution is -2.34. The molecule has 1 amide bonds. The maximum atomic E-state index is 14.7. The first-order valence-electron chi connectivity index (χ1n) is 11.8. The van der Waals surface area contributed by atoms with Crippen LogP contribution in [0.25, 0.3) is 0 Å². The van der Waals surface area contributed by atoms with Crippen molar-refractivity contribution in [3.63, 3.8) is 0 Å². The van der Waals surface area contributed by atoms with E-state index in [1.807, 2.05) is 18.2 Å². The fourth-order valence-corrected chi connectivity index (χ4v) is 3.76. The van der Waals surface area contributed by atoms with E-state index in [2.05, 4.69) is 30.9 Å². The molecule has 5 N–H and O–H groups in total. The van der Waals surface area contributed by atoms with Crippen LogP contribution in [0.4, 0.5) is 40.8 Å². The average molecular weight is 534 g/mol. The predicted octanol–water partition coefficient (Wildman–Crippen LogP) is 3.71. The highest BCUT2D eigenvalue weighted by Crippen LogP contribution is 2.27. The number of hydrogen-bond donors (Lipinski definition) is 5. The number of aliphatic hydroxyl groups excluding tert-OH is 1. The van der Waals surface area contributed by atoms with E-state index in [0.29, 0.717) is 11.4 Å². The Labute approximate surface area is 216 Å². The summed E-state index contributed by atoms with van der Waals surface area (Å²) in [6.45, 7) is 3.17. The normalized spacial score (nSPS) is 13.6. The molecule has 1 aliphatic rings. The Morgan fingerprint density at radius 2 is 1.87 bits per heavy atom. The Bertz CT molecular complexity index is 1330. The van der Waals surface area contributed by atoms with E-state index in [1.165, 1.54) is 6.07 Å². The van der Waals surface area contributed by atoms with Gasteiger partial charge < -0.3 is 26.4 Å². The molecule has 0 fully saturated rings. The van der Waals surface area contributed by atoms with Gasteiger partial charge >= 0.3 is 6.18 Å². The molecule has 202 valence electrons. The first-order valence-corrected chi connectivity index (χ1v) is 11.8. The van der Waals surface area contributed by atoms with Crippen LogP contribution in [-0.2, 0) is 18.4 Å². The monoisotopic (exact) mass is 533 g/mol. The van der Waals surface area contributed by atoms with Gasteiger partial charge in [0.25, 0.3) is 5.91 Å². The summed E-state index contributed by atoms with van der Waals surface area (Å²) in [7, 11) is 0. The van der Waals surface area contributed by atoms with Crippen LogP contribution in [0.15, 0.2) is 36.5 Å². The third kappa shape index (κ3) is 6.53. The van der Waals surface area contributed by atoms with E-state index < -0.39 is 29.9 Å². The Morgan fingerprint density at radius 1 is 1.08 bits per heavy atom. The molecule has 0 radical (unpaired) electrons. The SMILES string of the molecule is CC(C)(CO)c1ccc(F)c(Nc2nc(Nc3ccc4c(c3)CCNC4)ncc2C(=O)NCC(F)(F)F)n1. The maximum Gasteiger partial charge on any atom is 0.405 e. The number of fused-ring (bicyclic) bond motifs is 1. The number of nitrogens with zero attached hydrogens (tertiary/aromatic N) is 3. The summed E-state index contributed by atoms with van der Waals surface area (Å²) in [4.78, 5) is 25.1. The van der Waals surface area contributed by atoms with E-state index in [9.17, 15) is 27.5 Å². The summed E-state index contributed by atoms with van der Waals surface area (Å²) in [5.74, 6) is -2.44. The lowest BCUT2D eigenvalue weighted by Gasteiger charge is -2.22. The van der Waals surface area contributed by atoms with Crippen LogP contribution in [0.1, 0.15) is 41.0 Å². The van der Waals surface area contributed by atoms with Gasteiger partial charge in [0.15, 0.2) is 11.6 Å². The zero-order chi connectivity index (χ0) is 27.5. The molecule has 13 heteroatoms. The molecule has 0 bridgehead atoms. The van der Waals surface area contributed by atoms with Crippen LogP contribution < -0.4 is 21.3 Å². The number of carbonyl (C=O) groups is 1. The largest absolute Gasteiger partial charge is 0.405 e. The van der Waals surface area contributed by atoms with Crippen molar-refractivity contribution in [3.05, 3.63) is 64.7 Å². The number of carbonyl (C=O) groups excluding carboxylic acids is 1. The number of aromatic nitrogens is 3. The van der Waals surface area contributed by atoms with E-state index in [4.69, 9.17) is 0 Å². The second-order valence-corrected chi connectivity index (χ2v) is 9.48. The van der Waals surface area contributed by atoms with Gasteiger partial charge in [-0.2, -0.15) is 18.2 Å². The van der Waals surface area contributed by atoms with Crippen LogP contribution in [0.2, 0.25) is 0 Å². The van der Waals surface area contributed by atoms with Gasteiger partial charge in [-0.3, -0.25) is 4.79 Å². The molecular formula is C25H27F4N7O2. The minimum Gasteiger partial charge on any atom is -0.395 e. The lowest BCUT2D eigenvalue weighted by molar-refractivity contribution is -0.123. The summed E-state index contributed by atoms with van der Waals surface area (Å²) >= 11 is 0. The molecule has 2 aromatic heterocycles. The molecule has 3 aromatic rings. The molecule has 0 saturated carbocycles. The Balaban J connectivity index is 1.68. The highest BCUT2D eigenvalue weighted by molar-refractivity contribution is 5.99. The van der Waals surface area contributed by atoms with Crippen molar-refractivity contribution >= 4 is 29.2 Å².